The number of nitrogens with one attached hydrogen (secondary N) is 1. The van der Waals surface area contributed by atoms with Gasteiger partial charge in [-0.1, -0.05) is 11.6 Å². The van der Waals surface area contributed by atoms with Crippen LogP contribution in [0, 0.1) is 0 Å². The first-order valence-electron chi connectivity index (χ1n) is 4.56. The summed E-state index contributed by atoms with van der Waals surface area (Å²) in [5.74, 6) is -1.70. The highest BCUT2D eigenvalue weighted by atomic mass is 35.5. The number of aromatic nitrogens is 2. The molecule has 17 heavy (non-hydrogen) atoms. The number of hydrogen-bond acceptors (Lipinski definition) is 5. The van der Waals surface area contributed by atoms with Gasteiger partial charge in [0.2, 0.25) is 0 Å². The minimum atomic E-state index is -1.16. The number of carboxylic acid groups (broad SMARTS) is 1. The van der Waals surface area contributed by atoms with Crippen molar-refractivity contribution in [1.82, 2.24) is 15.3 Å². The molecule has 0 saturated carbocycles. The van der Waals surface area contributed by atoms with Crippen molar-refractivity contribution >= 4 is 23.5 Å². The topological polar surface area (TPSA) is 101 Å². The van der Waals surface area contributed by atoms with Crippen LogP contribution >= 0.6 is 11.6 Å². The molecule has 2 N–H and O–H groups in total. The predicted molar refractivity (Wildman–Crippen MR) is 57.8 cm³/mol. The monoisotopic (exact) mass is 259 g/mol. The third kappa shape index (κ3) is 3.97. The fraction of sp³-hybridized carbons (Fsp3) is 0.333. The summed E-state index contributed by atoms with van der Waals surface area (Å²) in [4.78, 5) is 29.5. The zero-order valence-corrected chi connectivity index (χ0v) is 9.64. The first-order valence-corrected chi connectivity index (χ1v) is 4.93. The molecule has 0 aliphatic rings. The minimum absolute atomic E-state index is 0.0506. The lowest BCUT2D eigenvalue weighted by Gasteiger charge is -2.10. The fourth-order valence-electron chi connectivity index (χ4n) is 0.977. The van der Waals surface area contributed by atoms with Crippen LogP contribution in [0.4, 0.5) is 0 Å². The SMILES string of the molecule is COC(CNC(=O)c1cnc(Cl)cn1)C(=O)O. The summed E-state index contributed by atoms with van der Waals surface area (Å²) < 4.78 is 4.65. The average molecular weight is 260 g/mol. The molecule has 0 fully saturated rings. The van der Waals surface area contributed by atoms with Gasteiger partial charge in [0.25, 0.3) is 5.91 Å². The lowest BCUT2D eigenvalue weighted by atomic mass is 10.3. The van der Waals surface area contributed by atoms with Crippen LogP contribution in [-0.4, -0.2) is 46.7 Å². The van der Waals surface area contributed by atoms with Crippen molar-refractivity contribution in [1.29, 1.82) is 0 Å². The quantitative estimate of drug-likeness (QED) is 0.769. The Kier molecular flexibility index (Phi) is 4.80. The maximum atomic E-state index is 11.5. The van der Waals surface area contributed by atoms with Crippen molar-refractivity contribution in [2.45, 2.75) is 6.10 Å². The van der Waals surface area contributed by atoms with Crippen LogP contribution in [0.25, 0.3) is 0 Å². The van der Waals surface area contributed by atoms with Crippen molar-refractivity contribution < 1.29 is 19.4 Å². The Balaban J connectivity index is 2.55. The van der Waals surface area contributed by atoms with Crippen LogP contribution in [0.15, 0.2) is 12.4 Å². The molecule has 1 amide bonds. The number of carboxylic acids is 1. The van der Waals surface area contributed by atoms with Gasteiger partial charge in [0, 0.05) is 7.11 Å². The zero-order valence-electron chi connectivity index (χ0n) is 8.88. The maximum Gasteiger partial charge on any atom is 0.334 e. The van der Waals surface area contributed by atoms with Crippen LogP contribution < -0.4 is 5.32 Å². The molecule has 0 aromatic carbocycles. The van der Waals surface area contributed by atoms with Crippen LogP contribution in [-0.2, 0) is 9.53 Å². The Morgan fingerprint density at radius 2 is 2.24 bits per heavy atom. The van der Waals surface area contributed by atoms with Crippen molar-refractivity contribution in [2.24, 2.45) is 0 Å². The first kappa shape index (κ1) is 13.3. The second-order valence-electron chi connectivity index (χ2n) is 3.00. The summed E-state index contributed by atoms with van der Waals surface area (Å²) in [5, 5.41) is 11.2. The normalized spacial score (nSPS) is 11.9. The number of ether oxygens (including phenoxy) is 1. The van der Waals surface area contributed by atoms with Gasteiger partial charge in [-0.15, -0.1) is 0 Å². The van der Waals surface area contributed by atoms with Gasteiger partial charge >= 0.3 is 5.97 Å². The standard InChI is InChI=1S/C9H10ClN3O4/c1-17-6(9(15)16)3-13-8(14)5-2-12-7(10)4-11-5/h2,4,6H,3H2,1H3,(H,13,14)(H,15,16). The number of methoxy groups -OCH3 is 1. The number of carbonyl (C=O) groups excluding carboxylic acids is 1. The van der Waals surface area contributed by atoms with Crippen LogP contribution in [0.2, 0.25) is 5.15 Å². The molecule has 1 heterocycles. The van der Waals surface area contributed by atoms with E-state index in [0.29, 0.717) is 0 Å². The summed E-state index contributed by atoms with van der Waals surface area (Å²) in [7, 11) is 1.24. The van der Waals surface area contributed by atoms with Gasteiger partial charge in [-0.2, -0.15) is 0 Å². The molecule has 0 saturated heterocycles. The molecule has 1 unspecified atom stereocenters. The van der Waals surface area contributed by atoms with Crippen molar-refractivity contribution in [3.63, 3.8) is 0 Å². The van der Waals surface area contributed by atoms with Gasteiger partial charge in [0.1, 0.15) is 10.8 Å². The van der Waals surface area contributed by atoms with Gasteiger partial charge in [-0.25, -0.2) is 14.8 Å². The second-order valence-corrected chi connectivity index (χ2v) is 3.38. The summed E-state index contributed by atoms with van der Waals surface area (Å²) in [6, 6.07) is 0. The number of rotatable bonds is 5. The largest absolute Gasteiger partial charge is 0.479 e. The number of carbonyl (C=O) groups is 2. The number of aliphatic carboxylic acids is 1. The van der Waals surface area contributed by atoms with E-state index in [2.05, 4.69) is 20.0 Å². The van der Waals surface area contributed by atoms with Crippen molar-refractivity contribution in [3.8, 4) is 0 Å². The van der Waals surface area contributed by atoms with Gasteiger partial charge < -0.3 is 15.2 Å². The number of halogens is 1. The number of amides is 1. The van der Waals surface area contributed by atoms with E-state index in [4.69, 9.17) is 16.7 Å². The highest BCUT2D eigenvalue weighted by molar-refractivity contribution is 6.29. The Labute approximate surface area is 102 Å². The Bertz CT molecular complexity index is 409. The van der Waals surface area contributed by atoms with E-state index in [9.17, 15) is 9.59 Å². The third-order valence-corrected chi connectivity index (χ3v) is 2.06. The fourth-order valence-corrected chi connectivity index (χ4v) is 1.07. The number of hydrogen-bond donors (Lipinski definition) is 2. The molecule has 0 spiro atoms. The molecular formula is C9H10ClN3O4. The molecule has 1 aromatic rings. The highest BCUT2D eigenvalue weighted by Gasteiger charge is 2.18. The van der Waals surface area contributed by atoms with E-state index in [1.54, 1.807) is 0 Å². The van der Waals surface area contributed by atoms with E-state index >= 15 is 0 Å². The highest BCUT2D eigenvalue weighted by Crippen LogP contribution is 2.01. The Morgan fingerprint density at radius 3 is 2.71 bits per heavy atom. The maximum absolute atomic E-state index is 11.5. The molecule has 8 heteroatoms. The van der Waals surface area contributed by atoms with E-state index in [-0.39, 0.29) is 17.4 Å². The minimum Gasteiger partial charge on any atom is -0.479 e. The molecule has 0 radical (unpaired) electrons. The summed E-state index contributed by atoms with van der Waals surface area (Å²) in [6.07, 6.45) is 1.32. The van der Waals surface area contributed by atoms with Gasteiger partial charge in [0.15, 0.2) is 6.10 Å². The van der Waals surface area contributed by atoms with E-state index < -0.39 is 18.0 Å². The predicted octanol–water partition coefficient (Wildman–Crippen LogP) is -0.0406. The van der Waals surface area contributed by atoms with E-state index in [1.807, 2.05) is 0 Å². The average Bonchev–Trinajstić information content (AvgIpc) is 2.30. The zero-order chi connectivity index (χ0) is 12.8. The van der Waals surface area contributed by atoms with E-state index in [0.717, 1.165) is 0 Å². The smallest absolute Gasteiger partial charge is 0.334 e. The molecule has 1 atom stereocenters. The van der Waals surface area contributed by atoms with Crippen molar-refractivity contribution in [2.75, 3.05) is 13.7 Å². The molecule has 1 rings (SSSR count). The first-order chi connectivity index (χ1) is 8.04. The van der Waals surface area contributed by atoms with Crippen LogP contribution in [0.5, 0.6) is 0 Å². The third-order valence-electron chi connectivity index (χ3n) is 1.86. The van der Waals surface area contributed by atoms with Crippen LogP contribution in [0.1, 0.15) is 10.5 Å². The lowest BCUT2D eigenvalue weighted by Crippen LogP contribution is -2.38. The van der Waals surface area contributed by atoms with Gasteiger partial charge in [-0.05, 0) is 0 Å². The summed E-state index contributed by atoms with van der Waals surface area (Å²) >= 11 is 5.50. The molecule has 1 aromatic heterocycles. The molecule has 92 valence electrons. The summed E-state index contributed by atoms with van der Waals surface area (Å²) in [5.41, 5.74) is 0.0506. The second kappa shape index (κ2) is 6.12. The molecule has 0 aliphatic heterocycles. The van der Waals surface area contributed by atoms with Gasteiger partial charge in [-0.3, -0.25) is 4.79 Å². The Hall–Kier alpha value is -1.73. The molecule has 0 bridgehead atoms. The van der Waals surface area contributed by atoms with Crippen molar-refractivity contribution in [3.05, 3.63) is 23.2 Å². The Morgan fingerprint density at radius 1 is 1.53 bits per heavy atom. The number of nitrogens with zero attached hydrogens (tertiary/aromatic N) is 2. The molecule has 0 aliphatic carbocycles. The van der Waals surface area contributed by atoms with Crippen LogP contribution in [0.3, 0.4) is 0 Å². The van der Waals surface area contributed by atoms with Gasteiger partial charge in [0.05, 0.1) is 18.9 Å². The summed E-state index contributed by atoms with van der Waals surface area (Å²) in [6.45, 7) is -0.158. The molecular weight excluding hydrogens is 250 g/mol. The molecule has 7 nitrogen and oxygen atoms in total. The lowest BCUT2D eigenvalue weighted by molar-refractivity contribution is -0.148. The van der Waals surface area contributed by atoms with E-state index in [1.165, 1.54) is 19.5 Å².